The average Bonchev–Trinajstić information content (AvgIpc) is 2.71. The van der Waals surface area contributed by atoms with Crippen molar-refractivity contribution in [1.82, 2.24) is 5.32 Å². The number of rotatable bonds is 2. The van der Waals surface area contributed by atoms with Crippen LogP contribution in [0.15, 0.2) is 36.1 Å². The van der Waals surface area contributed by atoms with E-state index in [0.29, 0.717) is 29.2 Å². The summed E-state index contributed by atoms with van der Waals surface area (Å²) in [6, 6.07) is 5.06. The summed E-state index contributed by atoms with van der Waals surface area (Å²) in [6.07, 6.45) is 6.16. The van der Waals surface area contributed by atoms with E-state index in [1.54, 1.807) is 25.3 Å². The number of amides is 1. The molecule has 1 heterocycles. The summed E-state index contributed by atoms with van der Waals surface area (Å²) in [5.74, 6) is 0.413. The first kappa shape index (κ1) is 14.0. The third-order valence-corrected chi connectivity index (χ3v) is 4.40. The Morgan fingerprint density at radius 1 is 1.38 bits per heavy atom. The first-order chi connectivity index (χ1) is 10.1. The van der Waals surface area contributed by atoms with Crippen LogP contribution in [0.4, 0.5) is 0 Å². The fourth-order valence-corrected chi connectivity index (χ4v) is 3.19. The molecule has 0 aromatic heterocycles. The van der Waals surface area contributed by atoms with E-state index in [0.717, 1.165) is 6.42 Å². The van der Waals surface area contributed by atoms with Gasteiger partial charge >= 0.3 is 0 Å². The van der Waals surface area contributed by atoms with Crippen molar-refractivity contribution >= 4 is 23.1 Å². The molecule has 0 fully saturated rings. The first-order valence-electron chi connectivity index (χ1n) is 6.82. The Kier molecular flexibility index (Phi) is 3.41. The van der Waals surface area contributed by atoms with Crippen LogP contribution < -0.4 is 10.1 Å². The van der Waals surface area contributed by atoms with Crippen molar-refractivity contribution in [3.05, 3.63) is 46.7 Å². The molecule has 1 aromatic carbocycles. The second-order valence-corrected chi connectivity index (χ2v) is 5.73. The number of hydrogen-bond donors (Lipinski definition) is 2. The van der Waals surface area contributed by atoms with Crippen molar-refractivity contribution in [2.75, 3.05) is 7.11 Å². The second kappa shape index (κ2) is 5.11. The van der Waals surface area contributed by atoms with Gasteiger partial charge < -0.3 is 15.2 Å². The van der Waals surface area contributed by atoms with E-state index in [2.05, 4.69) is 11.4 Å². The summed E-state index contributed by atoms with van der Waals surface area (Å²) >= 11 is 6.23. The number of nitrogens with one attached hydrogen (secondary N) is 1. The van der Waals surface area contributed by atoms with Crippen LogP contribution in [0.3, 0.4) is 0 Å². The van der Waals surface area contributed by atoms with Gasteiger partial charge in [0.1, 0.15) is 17.0 Å². The van der Waals surface area contributed by atoms with E-state index >= 15 is 0 Å². The van der Waals surface area contributed by atoms with Gasteiger partial charge in [-0.15, -0.1) is 0 Å². The maximum Gasteiger partial charge on any atom is 0.256 e. The lowest BCUT2D eigenvalue weighted by Gasteiger charge is -2.30. The van der Waals surface area contributed by atoms with E-state index in [1.807, 2.05) is 6.08 Å². The minimum absolute atomic E-state index is 0.0870. The standard InChI is InChI=1S/C16H16ClNO3/c1-21-10-5-6-11(12(17)9-10)13-14(19)16(18-15(13)20)7-3-2-4-8-16/h2-3,5-6,9,19H,4,7-8H2,1H3,(H,18,20). The van der Waals surface area contributed by atoms with E-state index in [1.165, 1.54) is 0 Å². The van der Waals surface area contributed by atoms with Crippen LogP contribution in [0.2, 0.25) is 5.02 Å². The Labute approximate surface area is 128 Å². The molecule has 1 amide bonds. The molecule has 2 aliphatic rings. The van der Waals surface area contributed by atoms with E-state index < -0.39 is 5.54 Å². The third kappa shape index (κ3) is 2.20. The van der Waals surface area contributed by atoms with Crippen LogP contribution in [0.5, 0.6) is 5.75 Å². The maximum atomic E-state index is 12.3. The Balaban J connectivity index is 2.08. The van der Waals surface area contributed by atoms with Crippen molar-refractivity contribution in [3.8, 4) is 5.75 Å². The van der Waals surface area contributed by atoms with Gasteiger partial charge in [-0.05, 0) is 37.5 Å². The third-order valence-electron chi connectivity index (χ3n) is 4.09. The van der Waals surface area contributed by atoms with Gasteiger partial charge in [-0.3, -0.25) is 4.79 Å². The van der Waals surface area contributed by atoms with Gasteiger partial charge in [-0.25, -0.2) is 0 Å². The molecule has 0 radical (unpaired) electrons. The predicted molar refractivity (Wildman–Crippen MR) is 81.4 cm³/mol. The number of aliphatic hydroxyl groups excluding tert-OH is 1. The van der Waals surface area contributed by atoms with Crippen molar-refractivity contribution in [3.63, 3.8) is 0 Å². The summed E-state index contributed by atoms with van der Waals surface area (Å²) in [4.78, 5) is 12.3. The minimum atomic E-state index is -0.676. The topological polar surface area (TPSA) is 58.6 Å². The van der Waals surface area contributed by atoms with Crippen molar-refractivity contribution in [1.29, 1.82) is 0 Å². The van der Waals surface area contributed by atoms with Crippen LogP contribution in [0, 0.1) is 0 Å². The monoisotopic (exact) mass is 305 g/mol. The Morgan fingerprint density at radius 3 is 2.81 bits per heavy atom. The van der Waals surface area contributed by atoms with E-state index in [-0.39, 0.29) is 17.2 Å². The zero-order chi connectivity index (χ0) is 15.0. The highest BCUT2D eigenvalue weighted by atomic mass is 35.5. The predicted octanol–water partition coefficient (Wildman–Crippen LogP) is 3.23. The normalized spacial score (nSPS) is 24.6. The smallest absolute Gasteiger partial charge is 0.256 e. The number of methoxy groups -OCH3 is 1. The fraction of sp³-hybridized carbons (Fsp3) is 0.312. The SMILES string of the molecule is COc1ccc(C2=C(O)C3(CC=CCC3)NC2=O)c(Cl)c1. The molecular formula is C16H16ClNO3. The van der Waals surface area contributed by atoms with Gasteiger partial charge in [0.25, 0.3) is 5.91 Å². The molecule has 1 aliphatic carbocycles. The summed E-state index contributed by atoms with van der Waals surface area (Å²) in [5, 5.41) is 13.9. The molecule has 0 saturated heterocycles. The highest BCUT2D eigenvalue weighted by molar-refractivity contribution is 6.35. The van der Waals surface area contributed by atoms with Crippen LogP contribution in [-0.2, 0) is 4.79 Å². The van der Waals surface area contributed by atoms with E-state index in [9.17, 15) is 9.90 Å². The number of halogens is 1. The zero-order valence-corrected chi connectivity index (χ0v) is 12.4. The lowest BCUT2D eigenvalue weighted by Crippen LogP contribution is -2.45. The molecule has 1 aromatic rings. The zero-order valence-electron chi connectivity index (χ0n) is 11.6. The average molecular weight is 306 g/mol. The van der Waals surface area contributed by atoms with Gasteiger partial charge in [0.05, 0.1) is 17.7 Å². The molecule has 4 nitrogen and oxygen atoms in total. The molecule has 0 bridgehead atoms. The molecule has 5 heteroatoms. The lowest BCUT2D eigenvalue weighted by atomic mass is 9.84. The summed E-state index contributed by atoms with van der Waals surface area (Å²) in [7, 11) is 1.55. The molecule has 21 heavy (non-hydrogen) atoms. The number of ether oxygens (including phenoxy) is 1. The molecule has 1 aliphatic heterocycles. The molecule has 0 saturated carbocycles. The fourth-order valence-electron chi connectivity index (χ4n) is 2.92. The molecule has 110 valence electrons. The van der Waals surface area contributed by atoms with Gasteiger partial charge in [0, 0.05) is 5.56 Å². The van der Waals surface area contributed by atoms with Gasteiger partial charge in [-0.2, -0.15) is 0 Å². The number of carbonyl (C=O) groups excluding carboxylic acids is 1. The van der Waals surface area contributed by atoms with Crippen molar-refractivity contribution in [2.24, 2.45) is 0 Å². The van der Waals surface area contributed by atoms with E-state index in [4.69, 9.17) is 16.3 Å². The number of carbonyl (C=O) groups is 1. The highest BCUT2D eigenvalue weighted by Crippen LogP contribution is 2.41. The van der Waals surface area contributed by atoms with Crippen molar-refractivity contribution < 1.29 is 14.6 Å². The molecular weight excluding hydrogens is 290 g/mol. The largest absolute Gasteiger partial charge is 0.509 e. The number of hydrogen-bond acceptors (Lipinski definition) is 3. The van der Waals surface area contributed by atoms with Crippen LogP contribution in [0.1, 0.15) is 24.8 Å². The molecule has 1 atom stereocenters. The molecule has 2 N–H and O–H groups in total. The van der Waals surface area contributed by atoms with Gasteiger partial charge in [0.2, 0.25) is 0 Å². The van der Waals surface area contributed by atoms with Gasteiger partial charge in [-0.1, -0.05) is 23.8 Å². The minimum Gasteiger partial charge on any atom is -0.509 e. The molecule has 3 rings (SSSR count). The number of allylic oxidation sites excluding steroid dienone is 1. The molecule has 1 spiro atoms. The first-order valence-corrected chi connectivity index (χ1v) is 7.20. The summed E-state index contributed by atoms with van der Waals surface area (Å²) in [5.41, 5.74) is 0.113. The Bertz CT molecular complexity index is 665. The Hall–Kier alpha value is -1.94. The quantitative estimate of drug-likeness (QED) is 0.825. The number of aliphatic hydroxyl groups is 1. The van der Waals surface area contributed by atoms with Crippen LogP contribution in [-0.4, -0.2) is 23.7 Å². The van der Waals surface area contributed by atoms with Crippen LogP contribution in [0.25, 0.3) is 5.57 Å². The van der Waals surface area contributed by atoms with Crippen molar-refractivity contribution in [2.45, 2.75) is 24.8 Å². The number of benzene rings is 1. The van der Waals surface area contributed by atoms with Crippen LogP contribution >= 0.6 is 11.6 Å². The summed E-state index contributed by atoms with van der Waals surface area (Å²) < 4.78 is 5.10. The summed E-state index contributed by atoms with van der Waals surface area (Å²) in [6.45, 7) is 0. The maximum absolute atomic E-state index is 12.3. The molecule has 1 unspecified atom stereocenters. The van der Waals surface area contributed by atoms with Gasteiger partial charge in [0.15, 0.2) is 0 Å². The Morgan fingerprint density at radius 2 is 2.19 bits per heavy atom. The highest BCUT2D eigenvalue weighted by Gasteiger charge is 2.45. The second-order valence-electron chi connectivity index (χ2n) is 5.32. The lowest BCUT2D eigenvalue weighted by molar-refractivity contribution is -0.116.